The first-order chi connectivity index (χ1) is 4.79. The first-order valence-corrected chi connectivity index (χ1v) is 3.80. The van der Waals surface area contributed by atoms with Gasteiger partial charge < -0.3 is 0 Å². The standard InChI is InChI=1S/C8H12N2/c1-6-7-4-3-5-8(7)9-10(6)2/h3-5H2,1-2H3. The lowest BCUT2D eigenvalue weighted by molar-refractivity contribution is 0.704. The molecule has 54 valence electrons. The maximum absolute atomic E-state index is 4.41. The van der Waals surface area contributed by atoms with Gasteiger partial charge in [0.25, 0.3) is 0 Å². The highest BCUT2D eigenvalue weighted by Gasteiger charge is 2.17. The summed E-state index contributed by atoms with van der Waals surface area (Å²) < 4.78 is 1.99. The van der Waals surface area contributed by atoms with Gasteiger partial charge in [0.2, 0.25) is 0 Å². The molecule has 0 saturated carbocycles. The zero-order valence-corrected chi connectivity index (χ0v) is 6.52. The molecule has 0 radical (unpaired) electrons. The minimum atomic E-state index is 1.19. The van der Waals surface area contributed by atoms with E-state index < -0.39 is 0 Å². The fourth-order valence-corrected chi connectivity index (χ4v) is 1.68. The Hall–Kier alpha value is -0.790. The number of aryl methyl sites for hydroxylation is 2. The van der Waals surface area contributed by atoms with Gasteiger partial charge >= 0.3 is 0 Å². The van der Waals surface area contributed by atoms with Crippen LogP contribution in [0.4, 0.5) is 0 Å². The molecule has 0 atom stereocenters. The Kier molecular flexibility index (Phi) is 1.10. The second kappa shape index (κ2) is 1.84. The highest BCUT2D eigenvalue weighted by molar-refractivity contribution is 5.29. The van der Waals surface area contributed by atoms with E-state index in [-0.39, 0.29) is 0 Å². The van der Waals surface area contributed by atoms with Crippen molar-refractivity contribution < 1.29 is 0 Å². The Morgan fingerprint density at radius 2 is 2.20 bits per heavy atom. The zero-order valence-electron chi connectivity index (χ0n) is 6.52. The number of aromatic nitrogens is 2. The van der Waals surface area contributed by atoms with Crippen molar-refractivity contribution in [2.45, 2.75) is 26.2 Å². The van der Waals surface area contributed by atoms with E-state index in [2.05, 4.69) is 12.0 Å². The minimum Gasteiger partial charge on any atom is -0.272 e. The van der Waals surface area contributed by atoms with E-state index in [1.807, 2.05) is 11.7 Å². The van der Waals surface area contributed by atoms with Crippen LogP contribution in [-0.4, -0.2) is 9.78 Å². The molecule has 1 aliphatic carbocycles. The van der Waals surface area contributed by atoms with Crippen LogP contribution >= 0.6 is 0 Å². The number of hydrogen-bond acceptors (Lipinski definition) is 1. The molecule has 2 heteroatoms. The van der Waals surface area contributed by atoms with Crippen molar-refractivity contribution in [3.8, 4) is 0 Å². The maximum atomic E-state index is 4.41. The van der Waals surface area contributed by atoms with Crippen molar-refractivity contribution in [2.75, 3.05) is 0 Å². The van der Waals surface area contributed by atoms with Crippen LogP contribution < -0.4 is 0 Å². The summed E-state index contributed by atoms with van der Waals surface area (Å²) in [4.78, 5) is 0. The number of hydrogen-bond donors (Lipinski definition) is 0. The van der Waals surface area contributed by atoms with Crippen molar-refractivity contribution in [2.24, 2.45) is 7.05 Å². The van der Waals surface area contributed by atoms with Crippen LogP contribution in [0.25, 0.3) is 0 Å². The van der Waals surface area contributed by atoms with Crippen LogP contribution in [-0.2, 0) is 19.9 Å². The van der Waals surface area contributed by atoms with Gasteiger partial charge in [-0.15, -0.1) is 0 Å². The van der Waals surface area contributed by atoms with E-state index in [4.69, 9.17) is 0 Å². The largest absolute Gasteiger partial charge is 0.272 e. The second-order valence-electron chi connectivity index (χ2n) is 2.99. The van der Waals surface area contributed by atoms with Gasteiger partial charge in [-0.05, 0) is 31.7 Å². The molecule has 2 nitrogen and oxygen atoms in total. The lowest BCUT2D eigenvalue weighted by atomic mass is 10.2. The third kappa shape index (κ3) is 0.618. The summed E-state index contributed by atoms with van der Waals surface area (Å²) >= 11 is 0. The van der Waals surface area contributed by atoms with E-state index in [1.165, 1.54) is 36.2 Å². The van der Waals surface area contributed by atoms with Crippen LogP contribution in [0.2, 0.25) is 0 Å². The van der Waals surface area contributed by atoms with Gasteiger partial charge in [0.1, 0.15) is 0 Å². The average Bonchev–Trinajstić information content (AvgIpc) is 2.41. The number of nitrogens with zero attached hydrogens (tertiary/aromatic N) is 2. The monoisotopic (exact) mass is 136 g/mol. The topological polar surface area (TPSA) is 17.8 Å². The smallest absolute Gasteiger partial charge is 0.0659 e. The van der Waals surface area contributed by atoms with E-state index in [1.54, 1.807) is 0 Å². The summed E-state index contributed by atoms with van der Waals surface area (Å²) in [6, 6.07) is 0. The summed E-state index contributed by atoms with van der Waals surface area (Å²) in [5.41, 5.74) is 4.19. The molecule has 0 fully saturated rings. The highest BCUT2D eigenvalue weighted by Crippen LogP contribution is 2.22. The molecule has 1 aliphatic rings. The van der Waals surface area contributed by atoms with Gasteiger partial charge in [0.05, 0.1) is 5.69 Å². The number of rotatable bonds is 0. The molecule has 0 bridgehead atoms. The fraction of sp³-hybridized carbons (Fsp3) is 0.625. The van der Waals surface area contributed by atoms with Gasteiger partial charge in [-0.25, -0.2) is 0 Å². The van der Waals surface area contributed by atoms with E-state index in [9.17, 15) is 0 Å². The molecule has 0 N–H and O–H groups in total. The maximum Gasteiger partial charge on any atom is 0.0659 e. The zero-order chi connectivity index (χ0) is 7.14. The molecule has 1 heterocycles. The SMILES string of the molecule is Cc1c2c(nn1C)CCC2. The first-order valence-electron chi connectivity index (χ1n) is 3.80. The fourth-order valence-electron chi connectivity index (χ4n) is 1.68. The minimum absolute atomic E-state index is 1.19. The molecule has 0 saturated heterocycles. The molecule has 0 spiro atoms. The van der Waals surface area contributed by atoms with Gasteiger partial charge in [-0.2, -0.15) is 5.10 Å². The molecule has 0 aliphatic heterocycles. The summed E-state index contributed by atoms with van der Waals surface area (Å²) in [5.74, 6) is 0. The molecule has 1 aromatic rings. The third-order valence-electron chi connectivity index (χ3n) is 2.38. The molecule has 0 amide bonds. The Bertz CT molecular complexity index is 260. The Balaban J connectivity index is 2.59. The molecular formula is C8H12N2. The first kappa shape index (κ1) is 5.96. The predicted octanol–water partition coefficient (Wildman–Crippen LogP) is 1.22. The van der Waals surface area contributed by atoms with Crippen LogP contribution in [0.5, 0.6) is 0 Å². The molecule has 10 heavy (non-hydrogen) atoms. The predicted molar refractivity (Wildman–Crippen MR) is 40.0 cm³/mol. The average molecular weight is 136 g/mol. The molecule has 0 aromatic carbocycles. The summed E-state index contributed by atoms with van der Waals surface area (Å²) in [6.45, 7) is 2.15. The van der Waals surface area contributed by atoms with Gasteiger partial charge in [0.15, 0.2) is 0 Å². The van der Waals surface area contributed by atoms with Crippen LogP contribution in [0.15, 0.2) is 0 Å². The molecule has 1 aromatic heterocycles. The van der Waals surface area contributed by atoms with Crippen LogP contribution in [0.1, 0.15) is 23.4 Å². The van der Waals surface area contributed by atoms with Gasteiger partial charge in [-0.1, -0.05) is 0 Å². The Morgan fingerprint density at radius 1 is 1.40 bits per heavy atom. The van der Waals surface area contributed by atoms with Crippen molar-refractivity contribution in [1.82, 2.24) is 9.78 Å². The van der Waals surface area contributed by atoms with E-state index in [0.29, 0.717) is 0 Å². The Labute approximate surface area is 60.9 Å². The van der Waals surface area contributed by atoms with Crippen LogP contribution in [0.3, 0.4) is 0 Å². The second-order valence-corrected chi connectivity index (χ2v) is 2.99. The van der Waals surface area contributed by atoms with E-state index >= 15 is 0 Å². The van der Waals surface area contributed by atoms with Crippen molar-refractivity contribution in [1.29, 1.82) is 0 Å². The summed E-state index contributed by atoms with van der Waals surface area (Å²) in [5, 5.41) is 4.41. The molecule has 0 unspecified atom stereocenters. The van der Waals surface area contributed by atoms with Crippen molar-refractivity contribution in [3.63, 3.8) is 0 Å². The lowest BCUT2D eigenvalue weighted by Crippen LogP contribution is -1.95. The van der Waals surface area contributed by atoms with Crippen molar-refractivity contribution >= 4 is 0 Å². The van der Waals surface area contributed by atoms with Gasteiger partial charge in [0, 0.05) is 12.7 Å². The van der Waals surface area contributed by atoms with Gasteiger partial charge in [-0.3, -0.25) is 4.68 Å². The summed E-state index contributed by atoms with van der Waals surface area (Å²) in [6.07, 6.45) is 3.74. The lowest BCUT2D eigenvalue weighted by Gasteiger charge is -1.94. The highest BCUT2D eigenvalue weighted by atomic mass is 15.3. The Morgan fingerprint density at radius 3 is 2.90 bits per heavy atom. The van der Waals surface area contributed by atoms with Crippen molar-refractivity contribution in [3.05, 3.63) is 17.0 Å². The van der Waals surface area contributed by atoms with Crippen LogP contribution in [0, 0.1) is 6.92 Å². The number of fused-ring (bicyclic) bond motifs is 1. The quantitative estimate of drug-likeness (QED) is 0.524. The summed E-state index contributed by atoms with van der Waals surface area (Å²) in [7, 11) is 2.02. The van der Waals surface area contributed by atoms with E-state index in [0.717, 1.165) is 0 Å². The third-order valence-corrected chi connectivity index (χ3v) is 2.38. The molecular weight excluding hydrogens is 124 g/mol. The molecule has 2 rings (SSSR count). The normalized spacial score (nSPS) is 15.8.